The van der Waals surface area contributed by atoms with E-state index in [4.69, 9.17) is 0 Å². The van der Waals surface area contributed by atoms with E-state index < -0.39 is 0 Å². The predicted octanol–water partition coefficient (Wildman–Crippen LogP) is 3.08. The van der Waals surface area contributed by atoms with Gasteiger partial charge in [0.05, 0.1) is 0 Å². The monoisotopic (exact) mass is 305 g/mol. The molecule has 0 heterocycles. The maximum Gasteiger partial charge on any atom is 0.251 e. The smallest absolute Gasteiger partial charge is 0.251 e. The van der Waals surface area contributed by atoms with E-state index >= 15 is 0 Å². The Labute approximate surface area is 114 Å². The molecule has 1 amide bonds. The third-order valence-corrected chi connectivity index (χ3v) is 3.28. The molecular formula is C14H12BrNO2. The zero-order valence-electron chi connectivity index (χ0n) is 9.56. The summed E-state index contributed by atoms with van der Waals surface area (Å²) < 4.78 is 0.959. The number of benzene rings is 2. The Morgan fingerprint density at radius 3 is 2.67 bits per heavy atom. The van der Waals surface area contributed by atoms with E-state index in [1.165, 1.54) is 12.1 Å². The van der Waals surface area contributed by atoms with E-state index in [0.29, 0.717) is 12.1 Å². The molecule has 2 N–H and O–H groups in total. The Morgan fingerprint density at radius 1 is 1.17 bits per heavy atom. The zero-order valence-corrected chi connectivity index (χ0v) is 11.1. The second kappa shape index (κ2) is 5.69. The standard InChI is InChI=1S/C14H12BrNO2/c15-13-7-2-1-4-11(13)9-16-14(18)10-5-3-6-12(17)8-10/h1-8,17H,9H2,(H,16,18). The molecule has 2 aromatic carbocycles. The van der Waals surface area contributed by atoms with E-state index in [1.54, 1.807) is 12.1 Å². The van der Waals surface area contributed by atoms with Gasteiger partial charge in [0.15, 0.2) is 0 Å². The number of phenolic OH excluding ortho intramolecular Hbond substituents is 1. The van der Waals surface area contributed by atoms with E-state index in [-0.39, 0.29) is 11.7 Å². The normalized spacial score (nSPS) is 10.1. The topological polar surface area (TPSA) is 49.3 Å². The van der Waals surface area contributed by atoms with E-state index in [1.807, 2.05) is 24.3 Å². The number of aromatic hydroxyl groups is 1. The molecule has 0 fully saturated rings. The lowest BCUT2D eigenvalue weighted by atomic mass is 10.2. The molecule has 0 aliphatic rings. The third-order valence-electron chi connectivity index (χ3n) is 2.51. The fraction of sp³-hybridized carbons (Fsp3) is 0.0714. The van der Waals surface area contributed by atoms with Gasteiger partial charge in [-0.05, 0) is 29.8 Å². The highest BCUT2D eigenvalue weighted by molar-refractivity contribution is 9.10. The number of halogens is 1. The van der Waals surface area contributed by atoms with Crippen LogP contribution < -0.4 is 5.32 Å². The Kier molecular flexibility index (Phi) is 3.99. The average molecular weight is 306 g/mol. The molecule has 0 atom stereocenters. The average Bonchev–Trinajstić information content (AvgIpc) is 2.37. The van der Waals surface area contributed by atoms with Crippen molar-refractivity contribution in [2.75, 3.05) is 0 Å². The van der Waals surface area contributed by atoms with Gasteiger partial charge >= 0.3 is 0 Å². The minimum Gasteiger partial charge on any atom is -0.508 e. The van der Waals surface area contributed by atoms with Gasteiger partial charge in [-0.15, -0.1) is 0 Å². The van der Waals surface area contributed by atoms with Crippen molar-refractivity contribution in [3.63, 3.8) is 0 Å². The summed E-state index contributed by atoms with van der Waals surface area (Å²) in [4.78, 5) is 11.8. The molecule has 0 bridgehead atoms. The maximum atomic E-state index is 11.8. The van der Waals surface area contributed by atoms with Crippen molar-refractivity contribution < 1.29 is 9.90 Å². The summed E-state index contributed by atoms with van der Waals surface area (Å²) in [7, 11) is 0. The van der Waals surface area contributed by atoms with Gasteiger partial charge in [-0.2, -0.15) is 0 Å². The molecular weight excluding hydrogens is 294 g/mol. The molecule has 0 radical (unpaired) electrons. The summed E-state index contributed by atoms with van der Waals surface area (Å²) in [6.45, 7) is 0.440. The molecule has 0 aliphatic carbocycles. The van der Waals surface area contributed by atoms with Crippen LogP contribution in [0.25, 0.3) is 0 Å². The quantitative estimate of drug-likeness (QED) is 0.915. The summed E-state index contributed by atoms with van der Waals surface area (Å²) >= 11 is 3.42. The Bertz CT molecular complexity index is 569. The van der Waals surface area contributed by atoms with E-state index in [9.17, 15) is 9.90 Å². The summed E-state index contributed by atoms with van der Waals surface area (Å²) in [6, 6.07) is 14.0. The first-order valence-corrected chi connectivity index (χ1v) is 6.27. The van der Waals surface area contributed by atoms with Crippen molar-refractivity contribution in [1.29, 1.82) is 0 Å². The summed E-state index contributed by atoms with van der Waals surface area (Å²) in [6.07, 6.45) is 0. The van der Waals surface area contributed by atoms with Crippen molar-refractivity contribution in [3.05, 3.63) is 64.1 Å². The highest BCUT2D eigenvalue weighted by Crippen LogP contribution is 2.16. The molecule has 0 spiro atoms. The number of hydrogen-bond donors (Lipinski definition) is 2. The van der Waals surface area contributed by atoms with Crippen molar-refractivity contribution in [2.45, 2.75) is 6.54 Å². The van der Waals surface area contributed by atoms with Crippen molar-refractivity contribution in [3.8, 4) is 5.75 Å². The third kappa shape index (κ3) is 3.11. The molecule has 0 saturated carbocycles. The molecule has 92 valence electrons. The summed E-state index contributed by atoms with van der Waals surface area (Å²) in [5, 5.41) is 12.1. The zero-order chi connectivity index (χ0) is 13.0. The van der Waals surface area contributed by atoms with E-state index in [0.717, 1.165) is 10.0 Å². The largest absolute Gasteiger partial charge is 0.508 e. The minimum absolute atomic E-state index is 0.0866. The molecule has 2 rings (SSSR count). The maximum absolute atomic E-state index is 11.8. The van der Waals surface area contributed by atoms with Gasteiger partial charge < -0.3 is 10.4 Å². The van der Waals surface area contributed by atoms with Crippen molar-refractivity contribution in [2.24, 2.45) is 0 Å². The second-order valence-electron chi connectivity index (χ2n) is 3.82. The molecule has 3 nitrogen and oxygen atoms in total. The van der Waals surface area contributed by atoms with Crippen LogP contribution in [0.1, 0.15) is 15.9 Å². The molecule has 0 aliphatic heterocycles. The van der Waals surface area contributed by atoms with Crippen LogP contribution in [0.2, 0.25) is 0 Å². The van der Waals surface area contributed by atoms with Crippen LogP contribution in [0, 0.1) is 0 Å². The molecule has 18 heavy (non-hydrogen) atoms. The number of nitrogens with one attached hydrogen (secondary N) is 1. The van der Waals surface area contributed by atoms with Crippen molar-refractivity contribution >= 4 is 21.8 Å². The number of carbonyl (C=O) groups is 1. The lowest BCUT2D eigenvalue weighted by Crippen LogP contribution is -2.22. The Balaban J connectivity index is 2.03. The molecule has 4 heteroatoms. The fourth-order valence-corrected chi connectivity index (χ4v) is 1.99. The van der Waals surface area contributed by atoms with Crippen LogP contribution in [0.5, 0.6) is 5.75 Å². The first-order valence-electron chi connectivity index (χ1n) is 5.47. The SMILES string of the molecule is O=C(NCc1ccccc1Br)c1cccc(O)c1. The Hall–Kier alpha value is -1.81. The van der Waals surface area contributed by atoms with Gasteiger partial charge in [-0.1, -0.05) is 40.2 Å². The predicted molar refractivity (Wildman–Crippen MR) is 73.4 cm³/mol. The first kappa shape index (κ1) is 12.6. The summed E-state index contributed by atoms with van der Waals surface area (Å²) in [5.74, 6) is -0.120. The lowest BCUT2D eigenvalue weighted by Gasteiger charge is -2.07. The summed E-state index contributed by atoms with van der Waals surface area (Å²) in [5.41, 5.74) is 1.45. The number of carbonyl (C=O) groups excluding carboxylic acids is 1. The Morgan fingerprint density at radius 2 is 1.94 bits per heavy atom. The van der Waals surface area contributed by atoms with Crippen molar-refractivity contribution in [1.82, 2.24) is 5.32 Å². The van der Waals surface area contributed by atoms with Gasteiger partial charge in [0.25, 0.3) is 5.91 Å². The number of rotatable bonds is 3. The van der Waals surface area contributed by atoms with Gasteiger partial charge in [-0.25, -0.2) is 0 Å². The molecule has 0 saturated heterocycles. The fourth-order valence-electron chi connectivity index (χ4n) is 1.57. The van der Waals surface area contributed by atoms with Crippen LogP contribution in [-0.4, -0.2) is 11.0 Å². The van der Waals surface area contributed by atoms with Gasteiger partial charge in [0.2, 0.25) is 0 Å². The van der Waals surface area contributed by atoms with Crippen LogP contribution in [0.15, 0.2) is 53.0 Å². The molecule has 2 aromatic rings. The first-order chi connectivity index (χ1) is 8.66. The second-order valence-corrected chi connectivity index (χ2v) is 4.68. The van der Waals surface area contributed by atoms with Crippen LogP contribution >= 0.6 is 15.9 Å². The number of amides is 1. The minimum atomic E-state index is -0.207. The number of phenols is 1. The highest BCUT2D eigenvalue weighted by atomic mass is 79.9. The van der Waals surface area contributed by atoms with Crippen LogP contribution in [0.3, 0.4) is 0 Å². The van der Waals surface area contributed by atoms with E-state index in [2.05, 4.69) is 21.2 Å². The van der Waals surface area contributed by atoms with Gasteiger partial charge in [0, 0.05) is 16.6 Å². The van der Waals surface area contributed by atoms with Crippen LogP contribution in [-0.2, 0) is 6.54 Å². The molecule has 0 unspecified atom stereocenters. The lowest BCUT2D eigenvalue weighted by molar-refractivity contribution is 0.0950. The number of hydrogen-bond acceptors (Lipinski definition) is 2. The van der Waals surface area contributed by atoms with Crippen LogP contribution in [0.4, 0.5) is 0 Å². The van der Waals surface area contributed by atoms with Gasteiger partial charge in [-0.3, -0.25) is 4.79 Å². The molecule has 0 aromatic heterocycles. The van der Waals surface area contributed by atoms with Gasteiger partial charge in [0.1, 0.15) is 5.75 Å². The highest BCUT2D eigenvalue weighted by Gasteiger charge is 2.06.